The van der Waals surface area contributed by atoms with Crippen LogP contribution in [0.1, 0.15) is 54.5 Å². The number of imidazole rings is 1. The summed E-state index contributed by atoms with van der Waals surface area (Å²) >= 11 is 1.36. The summed E-state index contributed by atoms with van der Waals surface area (Å²) in [6.45, 7) is 0.284. The zero-order valence-electron chi connectivity index (χ0n) is 24.4. The van der Waals surface area contributed by atoms with Crippen molar-refractivity contribution < 1.29 is 9.18 Å². The molecule has 1 fully saturated rings. The van der Waals surface area contributed by atoms with Crippen molar-refractivity contribution in [1.29, 1.82) is 0 Å². The van der Waals surface area contributed by atoms with Crippen LogP contribution in [0, 0.1) is 11.7 Å². The van der Waals surface area contributed by atoms with Crippen LogP contribution in [-0.4, -0.2) is 20.4 Å². The molecule has 0 atom stereocenters. The van der Waals surface area contributed by atoms with Crippen molar-refractivity contribution in [3.05, 3.63) is 150 Å². The van der Waals surface area contributed by atoms with Crippen LogP contribution in [0.2, 0.25) is 0 Å². The van der Waals surface area contributed by atoms with Crippen LogP contribution in [0.15, 0.2) is 122 Å². The van der Waals surface area contributed by atoms with Gasteiger partial charge in [-0.25, -0.2) is 14.4 Å². The van der Waals surface area contributed by atoms with Gasteiger partial charge in [0.1, 0.15) is 11.4 Å². The highest BCUT2D eigenvalue weighted by molar-refractivity contribution is 7.22. The van der Waals surface area contributed by atoms with Gasteiger partial charge in [0.2, 0.25) is 5.91 Å². The topological polar surface area (TPSA) is 51.0 Å². The number of benzene rings is 4. The molecule has 44 heavy (non-hydrogen) atoms. The van der Waals surface area contributed by atoms with Crippen LogP contribution in [0.25, 0.3) is 10.2 Å². The molecule has 0 N–H and O–H groups in total. The molecule has 0 saturated heterocycles. The molecule has 7 heteroatoms. The summed E-state index contributed by atoms with van der Waals surface area (Å²) in [5.74, 6) is -0.304. The van der Waals surface area contributed by atoms with E-state index in [9.17, 15) is 9.18 Å². The van der Waals surface area contributed by atoms with Crippen molar-refractivity contribution in [1.82, 2.24) is 14.5 Å². The molecule has 6 aromatic rings. The molecule has 0 spiro atoms. The van der Waals surface area contributed by atoms with Crippen LogP contribution in [0.3, 0.4) is 0 Å². The van der Waals surface area contributed by atoms with Crippen molar-refractivity contribution >= 4 is 32.6 Å². The fourth-order valence-corrected chi connectivity index (χ4v) is 7.67. The average molecular weight is 601 g/mol. The Hall–Kier alpha value is -4.62. The number of rotatable bonds is 8. The monoisotopic (exact) mass is 600 g/mol. The van der Waals surface area contributed by atoms with Crippen molar-refractivity contribution in [2.45, 2.75) is 44.2 Å². The van der Waals surface area contributed by atoms with E-state index >= 15 is 0 Å². The van der Waals surface area contributed by atoms with Gasteiger partial charge in [-0.2, -0.15) is 0 Å². The molecule has 4 aromatic carbocycles. The van der Waals surface area contributed by atoms with E-state index in [0.29, 0.717) is 10.6 Å². The number of amides is 1. The van der Waals surface area contributed by atoms with E-state index in [4.69, 9.17) is 9.97 Å². The molecule has 2 aromatic heterocycles. The Balaban J connectivity index is 1.41. The molecule has 0 bridgehead atoms. The second-order valence-corrected chi connectivity index (χ2v) is 12.4. The van der Waals surface area contributed by atoms with Gasteiger partial charge < -0.3 is 4.57 Å². The lowest BCUT2D eigenvalue weighted by Gasteiger charge is -2.39. The summed E-state index contributed by atoms with van der Waals surface area (Å²) in [6.07, 6.45) is 8.73. The Morgan fingerprint density at radius 1 is 0.841 bits per heavy atom. The number of anilines is 1. The lowest BCUT2D eigenvalue weighted by molar-refractivity contribution is -0.123. The van der Waals surface area contributed by atoms with Crippen LogP contribution in [-0.2, 0) is 16.9 Å². The Labute approximate surface area is 260 Å². The van der Waals surface area contributed by atoms with Gasteiger partial charge in [-0.1, -0.05) is 122 Å². The predicted octanol–water partition coefficient (Wildman–Crippen LogP) is 8.59. The smallest absolute Gasteiger partial charge is 0.232 e. The molecule has 5 nitrogen and oxygen atoms in total. The number of carbonyl (C=O) groups is 1. The van der Waals surface area contributed by atoms with Gasteiger partial charge in [-0.3, -0.25) is 9.69 Å². The Morgan fingerprint density at radius 3 is 2.02 bits per heavy atom. The first kappa shape index (κ1) is 28.2. The minimum atomic E-state index is -0.758. The number of halogens is 1. The second-order valence-electron chi connectivity index (χ2n) is 11.4. The fourth-order valence-electron chi connectivity index (χ4n) is 6.67. The second kappa shape index (κ2) is 12.2. The maximum Gasteiger partial charge on any atom is 0.232 e. The number of aromatic nitrogens is 3. The largest absolute Gasteiger partial charge is 0.314 e. The summed E-state index contributed by atoms with van der Waals surface area (Å²) in [6, 6.07) is 35.9. The van der Waals surface area contributed by atoms with Crippen LogP contribution >= 0.6 is 11.3 Å². The van der Waals surface area contributed by atoms with Crippen molar-refractivity contribution in [2.75, 3.05) is 4.90 Å². The first-order valence-corrected chi connectivity index (χ1v) is 16.0. The molecule has 2 heterocycles. The lowest BCUT2D eigenvalue weighted by atomic mass is 9.76. The average Bonchev–Trinajstić information content (AvgIpc) is 3.73. The van der Waals surface area contributed by atoms with Crippen LogP contribution in [0.5, 0.6) is 0 Å². The molecule has 220 valence electrons. The number of carbonyl (C=O) groups excluding carboxylic acids is 1. The zero-order valence-corrected chi connectivity index (χ0v) is 25.2. The van der Waals surface area contributed by atoms with E-state index in [1.54, 1.807) is 6.07 Å². The molecule has 1 aliphatic carbocycles. The first-order chi connectivity index (χ1) is 21.6. The van der Waals surface area contributed by atoms with E-state index in [-0.39, 0.29) is 24.2 Å². The highest BCUT2D eigenvalue weighted by atomic mass is 32.1. The predicted molar refractivity (Wildman–Crippen MR) is 174 cm³/mol. The highest BCUT2D eigenvalue weighted by Gasteiger charge is 2.40. The SMILES string of the molecule is O=C(C1CCCCC1)N(Cc1cncn1C(c1ccccc1)(c1ccccc1)c1ccccc1)c1nc2ccc(F)cc2s1. The zero-order chi connectivity index (χ0) is 29.9. The Morgan fingerprint density at radius 2 is 1.43 bits per heavy atom. The van der Waals surface area contributed by atoms with Gasteiger partial charge in [0.05, 0.1) is 35.0 Å². The van der Waals surface area contributed by atoms with Gasteiger partial charge in [0.15, 0.2) is 5.13 Å². The molecule has 0 radical (unpaired) electrons. The quantitative estimate of drug-likeness (QED) is 0.164. The van der Waals surface area contributed by atoms with Crippen molar-refractivity contribution in [2.24, 2.45) is 5.92 Å². The van der Waals surface area contributed by atoms with Gasteiger partial charge in [0.25, 0.3) is 0 Å². The minimum absolute atomic E-state index is 0.0639. The van der Waals surface area contributed by atoms with Crippen molar-refractivity contribution in [3.8, 4) is 0 Å². The summed E-state index contributed by atoms with van der Waals surface area (Å²) in [5.41, 5.74) is 4.04. The minimum Gasteiger partial charge on any atom is -0.314 e. The van der Waals surface area contributed by atoms with Crippen LogP contribution < -0.4 is 4.90 Å². The van der Waals surface area contributed by atoms with E-state index in [2.05, 4.69) is 77.4 Å². The molecule has 0 unspecified atom stereocenters. The molecule has 1 saturated carbocycles. The molecular formula is C37H33FN4OS. The maximum absolute atomic E-state index is 14.3. The Bertz CT molecular complexity index is 1770. The molecule has 1 aliphatic rings. The van der Waals surface area contributed by atoms with E-state index in [1.807, 2.05) is 35.6 Å². The van der Waals surface area contributed by atoms with E-state index in [0.717, 1.165) is 59.2 Å². The summed E-state index contributed by atoms with van der Waals surface area (Å²) < 4.78 is 17.1. The summed E-state index contributed by atoms with van der Waals surface area (Å²) in [5, 5.41) is 0.582. The number of fused-ring (bicyclic) bond motifs is 1. The van der Waals surface area contributed by atoms with E-state index in [1.165, 1.54) is 23.5 Å². The van der Waals surface area contributed by atoms with Gasteiger partial charge in [-0.05, 0) is 47.7 Å². The summed E-state index contributed by atoms with van der Waals surface area (Å²) in [7, 11) is 0. The molecule has 1 amide bonds. The third kappa shape index (κ3) is 5.11. The Kier molecular flexibility index (Phi) is 7.79. The van der Waals surface area contributed by atoms with Crippen LogP contribution in [0.4, 0.5) is 9.52 Å². The molecular weight excluding hydrogens is 567 g/mol. The highest BCUT2D eigenvalue weighted by Crippen LogP contribution is 2.42. The number of thiazole rings is 1. The van der Waals surface area contributed by atoms with E-state index < -0.39 is 5.54 Å². The van der Waals surface area contributed by atoms with Gasteiger partial charge in [-0.15, -0.1) is 0 Å². The number of hydrogen-bond donors (Lipinski definition) is 0. The maximum atomic E-state index is 14.3. The first-order valence-electron chi connectivity index (χ1n) is 15.2. The third-order valence-electron chi connectivity index (χ3n) is 8.76. The lowest BCUT2D eigenvalue weighted by Crippen LogP contribution is -2.41. The van der Waals surface area contributed by atoms with Gasteiger partial charge >= 0.3 is 0 Å². The van der Waals surface area contributed by atoms with Crippen molar-refractivity contribution in [3.63, 3.8) is 0 Å². The number of hydrogen-bond acceptors (Lipinski definition) is 4. The number of nitrogens with zero attached hydrogens (tertiary/aromatic N) is 4. The molecule has 0 aliphatic heterocycles. The normalized spacial score (nSPS) is 14.1. The third-order valence-corrected chi connectivity index (χ3v) is 9.80. The fraction of sp³-hybridized carbons (Fsp3) is 0.216. The van der Waals surface area contributed by atoms with Gasteiger partial charge in [0, 0.05) is 5.92 Å². The summed E-state index contributed by atoms with van der Waals surface area (Å²) in [4.78, 5) is 25.7. The molecule has 7 rings (SSSR count). The standard InChI is InChI=1S/C37H33FN4OS/c38-31-21-22-33-34(23-31)44-36(40-33)41(35(43)27-13-5-1-6-14-27)25-32-24-39-26-42(32)37(28-15-7-2-8-16-28,29-17-9-3-10-18-29)30-19-11-4-12-20-30/h2-4,7-12,15-24,26-27H,1,5-6,13-14,25H2.